The lowest BCUT2D eigenvalue weighted by molar-refractivity contribution is -0.143. The molecule has 0 amide bonds. The lowest BCUT2D eigenvalue weighted by atomic mass is 10.2. The predicted molar refractivity (Wildman–Crippen MR) is 72.8 cm³/mol. The van der Waals surface area contributed by atoms with Crippen molar-refractivity contribution in [1.29, 1.82) is 0 Å². The Hall–Kier alpha value is -1.10. The van der Waals surface area contributed by atoms with Crippen LogP contribution >= 0.6 is 11.3 Å². The van der Waals surface area contributed by atoms with Crippen LogP contribution in [0.2, 0.25) is 0 Å². The van der Waals surface area contributed by atoms with E-state index in [4.69, 9.17) is 4.74 Å². The first-order valence-electron chi connectivity index (χ1n) is 6.53. The van der Waals surface area contributed by atoms with Gasteiger partial charge in [0.25, 0.3) is 0 Å². The van der Waals surface area contributed by atoms with Crippen LogP contribution in [-0.4, -0.2) is 24.1 Å². The Morgan fingerprint density at radius 1 is 1.67 bits per heavy atom. The van der Waals surface area contributed by atoms with Crippen LogP contribution in [-0.2, 0) is 16.0 Å². The zero-order chi connectivity index (χ0) is 13.0. The summed E-state index contributed by atoms with van der Waals surface area (Å²) in [5.41, 5.74) is 0.972. The molecule has 2 atom stereocenters. The van der Waals surface area contributed by atoms with Crippen LogP contribution in [0.1, 0.15) is 32.4 Å². The molecule has 1 fully saturated rings. The van der Waals surface area contributed by atoms with E-state index in [0.717, 1.165) is 29.2 Å². The second-order valence-corrected chi connectivity index (χ2v) is 5.66. The maximum atomic E-state index is 11.2. The fraction of sp³-hybridized carbons (Fsp3) is 0.692. The molecular weight excluding hydrogens is 248 g/mol. The Morgan fingerprint density at radius 2 is 2.44 bits per heavy atom. The molecule has 1 aromatic rings. The molecule has 4 nitrogen and oxygen atoms in total. The molecule has 18 heavy (non-hydrogen) atoms. The second-order valence-electron chi connectivity index (χ2n) is 4.80. The van der Waals surface area contributed by atoms with Gasteiger partial charge in [-0.1, -0.05) is 6.92 Å². The van der Waals surface area contributed by atoms with Crippen LogP contribution in [0, 0.1) is 11.8 Å². The first kappa shape index (κ1) is 13.3. The summed E-state index contributed by atoms with van der Waals surface area (Å²) in [5, 5.41) is 6.34. The van der Waals surface area contributed by atoms with E-state index >= 15 is 0 Å². The molecule has 0 aliphatic heterocycles. The molecule has 1 aliphatic rings. The molecule has 1 aliphatic carbocycles. The molecule has 1 aromatic heterocycles. The Bertz CT molecular complexity index is 405. The van der Waals surface area contributed by atoms with Crippen LogP contribution < -0.4 is 5.32 Å². The van der Waals surface area contributed by atoms with Crippen molar-refractivity contribution in [1.82, 2.24) is 4.98 Å². The van der Waals surface area contributed by atoms with Gasteiger partial charge in [0.1, 0.15) is 0 Å². The number of aromatic nitrogens is 1. The molecule has 0 spiro atoms. The Labute approximate surface area is 112 Å². The average Bonchev–Trinajstić information content (AvgIpc) is 2.88. The molecule has 0 aromatic carbocycles. The van der Waals surface area contributed by atoms with Gasteiger partial charge in [0.15, 0.2) is 5.13 Å². The number of nitrogens with zero attached hydrogens (tertiary/aromatic N) is 1. The van der Waals surface area contributed by atoms with E-state index in [1.54, 1.807) is 11.3 Å². The average molecular weight is 268 g/mol. The number of rotatable bonds is 7. The number of hydrogen-bond acceptors (Lipinski definition) is 5. The minimum absolute atomic E-state index is 0.146. The van der Waals surface area contributed by atoms with Gasteiger partial charge in [-0.2, -0.15) is 0 Å². The van der Waals surface area contributed by atoms with Crippen molar-refractivity contribution in [2.75, 3.05) is 18.5 Å². The lowest BCUT2D eigenvalue weighted by Gasteiger charge is -2.00. The molecule has 0 radical (unpaired) electrons. The number of hydrogen-bond donors (Lipinski definition) is 1. The number of nitrogens with one attached hydrogen (secondary N) is 1. The number of anilines is 1. The second kappa shape index (κ2) is 6.18. The van der Waals surface area contributed by atoms with E-state index in [1.807, 2.05) is 12.3 Å². The van der Waals surface area contributed by atoms with Crippen LogP contribution in [0.3, 0.4) is 0 Å². The largest absolute Gasteiger partial charge is 0.466 e. The molecule has 1 saturated carbocycles. The van der Waals surface area contributed by atoms with Gasteiger partial charge in [0, 0.05) is 18.3 Å². The summed E-state index contributed by atoms with van der Waals surface area (Å²) < 4.78 is 4.89. The van der Waals surface area contributed by atoms with E-state index in [2.05, 4.69) is 17.2 Å². The van der Waals surface area contributed by atoms with Crippen molar-refractivity contribution in [2.45, 2.75) is 33.1 Å². The summed E-state index contributed by atoms with van der Waals surface area (Å²) in [7, 11) is 0. The Balaban J connectivity index is 1.70. The predicted octanol–water partition coefficient (Wildman–Crippen LogP) is 2.71. The third-order valence-corrected chi connectivity index (χ3v) is 4.08. The van der Waals surface area contributed by atoms with Crippen molar-refractivity contribution in [3.63, 3.8) is 0 Å². The van der Waals surface area contributed by atoms with E-state index in [-0.39, 0.29) is 5.97 Å². The highest BCUT2D eigenvalue weighted by Crippen LogP contribution is 2.37. The highest BCUT2D eigenvalue weighted by atomic mass is 32.1. The third kappa shape index (κ3) is 3.98. The number of carbonyl (C=O) groups excluding carboxylic acids is 1. The first-order valence-corrected chi connectivity index (χ1v) is 7.41. The normalized spacial score (nSPS) is 21.7. The summed E-state index contributed by atoms with van der Waals surface area (Å²) in [4.78, 5) is 15.7. The fourth-order valence-electron chi connectivity index (χ4n) is 1.87. The van der Waals surface area contributed by atoms with E-state index in [0.29, 0.717) is 19.4 Å². The number of thiazole rings is 1. The van der Waals surface area contributed by atoms with Gasteiger partial charge in [0.2, 0.25) is 0 Å². The van der Waals surface area contributed by atoms with Crippen LogP contribution in [0.25, 0.3) is 0 Å². The summed E-state index contributed by atoms with van der Waals surface area (Å²) >= 11 is 1.61. The smallest absolute Gasteiger partial charge is 0.306 e. The number of aryl methyl sites for hydroxylation is 1. The standard InChI is InChI=1S/C13H20N2O2S/c1-3-17-12(16)5-4-11-8-18-13(15-11)14-7-10-6-9(10)2/h8-10H,3-7H2,1-2H3,(H,14,15). The Morgan fingerprint density at radius 3 is 3.11 bits per heavy atom. The molecule has 2 unspecified atom stereocenters. The summed E-state index contributed by atoms with van der Waals surface area (Å²) in [5.74, 6) is 1.53. The lowest BCUT2D eigenvalue weighted by Crippen LogP contribution is -2.06. The van der Waals surface area contributed by atoms with Crippen LogP contribution in [0.4, 0.5) is 5.13 Å². The van der Waals surface area contributed by atoms with Crippen molar-refractivity contribution >= 4 is 22.4 Å². The van der Waals surface area contributed by atoms with Crippen molar-refractivity contribution in [3.05, 3.63) is 11.1 Å². The summed E-state index contributed by atoms with van der Waals surface area (Å²) in [6.45, 7) is 5.56. The Kier molecular flexibility index (Phi) is 4.58. The molecule has 1 heterocycles. The molecule has 1 N–H and O–H groups in total. The number of ether oxygens (including phenoxy) is 1. The molecule has 100 valence electrons. The maximum Gasteiger partial charge on any atom is 0.306 e. The first-order chi connectivity index (χ1) is 8.69. The number of carbonyl (C=O) groups is 1. The highest BCUT2D eigenvalue weighted by Gasteiger charge is 2.32. The van der Waals surface area contributed by atoms with E-state index < -0.39 is 0 Å². The highest BCUT2D eigenvalue weighted by molar-refractivity contribution is 7.13. The maximum absolute atomic E-state index is 11.2. The third-order valence-electron chi connectivity index (χ3n) is 3.23. The zero-order valence-electron chi connectivity index (χ0n) is 10.9. The zero-order valence-corrected chi connectivity index (χ0v) is 11.8. The monoisotopic (exact) mass is 268 g/mol. The van der Waals surface area contributed by atoms with Gasteiger partial charge in [-0.15, -0.1) is 11.3 Å². The van der Waals surface area contributed by atoms with Crippen molar-refractivity contribution in [2.24, 2.45) is 11.8 Å². The molecular formula is C13H20N2O2S. The van der Waals surface area contributed by atoms with Gasteiger partial charge in [-0.05, 0) is 25.2 Å². The topological polar surface area (TPSA) is 51.2 Å². The van der Waals surface area contributed by atoms with Gasteiger partial charge in [0.05, 0.1) is 18.7 Å². The molecule has 0 saturated heterocycles. The SMILES string of the molecule is CCOC(=O)CCc1csc(NCC2CC2C)n1. The van der Waals surface area contributed by atoms with Crippen molar-refractivity contribution in [3.8, 4) is 0 Å². The van der Waals surface area contributed by atoms with Crippen molar-refractivity contribution < 1.29 is 9.53 Å². The number of esters is 1. The van der Waals surface area contributed by atoms with E-state index in [1.165, 1.54) is 6.42 Å². The van der Waals surface area contributed by atoms with Crippen LogP contribution in [0.5, 0.6) is 0 Å². The minimum atomic E-state index is -0.146. The van der Waals surface area contributed by atoms with Crippen LogP contribution in [0.15, 0.2) is 5.38 Å². The summed E-state index contributed by atoms with van der Waals surface area (Å²) in [6.07, 6.45) is 2.40. The van der Waals surface area contributed by atoms with Gasteiger partial charge >= 0.3 is 5.97 Å². The minimum Gasteiger partial charge on any atom is -0.466 e. The van der Waals surface area contributed by atoms with Gasteiger partial charge in [-0.25, -0.2) is 4.98 Å². The fourth-order valence-corrected chi connectivity index (χ4v) is 2.62. The molecule has 5 heteroatoms. The van der Waals surface area contributed by atoms with Gasteiger partial charge in [-0.3, -0.25) is 4.79 Å². The molecule has 0 bridgehead atoms. The quantitative estimate of drug-likeness (QED) is 0.773. The van der Waals surface area contributed by atoms with Gasteiger partial charge < -0.3 is 10.1 Å². The van der Waals surface area contributed by atoms with E-state index in [9.17, 15) is 4.79 Å². The summed E-state index contributed by atoms with van der Waals surface area (Å²) in [6, 6.07) is 0. The molecule has 2 rings (SSSR count).